The van der Waals surface area contributed by atoms with Crippen LogP contribution in [0, 0.1) is 26.6 Å². The Balaban J connectivity index is 1.64. The van der Waals surface area contributed by atoms with Crippen LogP contribution in [0.3, 0.4) is 0 Å². The van der Waals surface area contributed by atoms with Crippen molar-refractivity contribution in [2.45, 2.75) is 33.2 Å². The van der Waals surface area contributed by atoms with Crippen molar-refractivity contribution in [2.24, 2.45) is 0 Å². The summed E-state index contributed by atoms with van der Waals surface area (Å²) in [5.41, 5.74) is 4.54. The molecule has 1 saturated heterocycles. The lowest BCUT2D eigenvalue weighted by Gasteiger charge is -2.18. The second kappa shape index (κ2) is 7.15. The van der Waals surface area contributed by atoms with Gasteiger partial charge in [0.15, 0.2) is 0 Å². The number of nitrogens with one attached hydrogen (secondary N) is 2. The molecule has 2 N–H and O–H groups in total. The summed E-state index contributed by atoms with van der Waals surface area (Å²) in [7, 11) is 0. The Morgan fingerprint density at radius 2 is 1.73 bits per heavy atom. The zero-order valence-electron chi connectivity index (χ0n) is 15.1. The van der Waals surface area contributed by atoms with Gasteiger partial charge in [0, 0.05) is 24.3 Å². The first-order valence-corrected chi connectivity index (χ1v) is 8.55. The minimum Gasteiger partial charge on any atom is -0.333 e. The zero-order chi connectivity index (χ0) is 18.8. The molecule has 0 saturated carbocycles. The lowest BCUT2D eigenvalue weighted by molar-refractivity contribution is -0.117. The van der Waals surface area contributed by atoms with Gasteiger partial charge in [-0.15, -0.1) is 0 Å². The molecule has 6 heteroatoms. The van der Waals surface area contributed by atoms with E-state index in [9.17, 15) is 14.0 Å². The van der Waals surface area contributed by atoms with Gasteiger partial charge in [0.2, 0.25) is 5.91 Å². The molecule has 1 aliphatic rings. The van der Waals surface area contributed by atoms with Gasteiger partial charge in [0.05, 0.1) is 6.04 Å². The van der Waals surface area contributed by atoms with Gasteiger partial charge >= 0.3 is 6.03 Å². The van der Waals surface area contributed by atoms with E-state index in [2.05, 4.69) is 10.6 Å². The summed E-state index contributed by atoms with van der Waals surface area (Å²) in [4.78, 5) is 26.1. The van der Waals surface area contributed by atoms with Crippen molar-refractivity contribution in [1.29, 1.82) is 0 Å². The molecule has 2 aromatic carbocycles. The smallest absolute Gasteiger partial charge is 0.319 e. The maximum absolute atomic E-state index is 13.0. The van der Waals surface area contributed by atoms with Crippen LogP contribution in [0.5, 0.6) is 0 Å². The third-order valence-electron chi connectivity index (χ3n) is 4.51. The third kappa shape index (κ3) is 3.85. The van der Waals surface area contributed by atoms with E-state index in [0.717, 1.165) is 22.4 Å². The molecule has 0 unspecified atom stereocenters. The van der Waals surface area contributed by atoms with Crippen LogP contribution in [0.1, 0.15) is 23.1 Å². The maximum Gasteiger partial charge on any atom is 0.319 e. The fourth-order valence-corrected chi connectivity index (χ4v) is 3.39. The Morgan fingerprint density at radius 3 is 2.35 bits per heavy atom. The molecule has 3 amide bonds. The fraction of sp³-hybridized carbons (Fsp3) is 0.300. The quantitative estimate of drug-likeness (QED) is 0.882. The van der Waals surface area contributed by atoms with Crippen LogP contribution in [0.25, 0.3) is 0 Å². The molecule has 5 nitrogen and oxygen atoms in total. The van der Waals surface area contributed by atoms with E-state index in [0.29, 0.717) is 12.2 Å². The summed E-state index contributed by atoms with van der Waals surface area (Å²) in [6.07, 6.45) is 0.219. The van der Waals surface area contributed by atoms with Crippen molar-refractivity contribution in [1.82, 2.24) is 5.32 Å². The summed E-state index contributed by atoms with van der Waals surface area (Å²) in [6.45, 7) is 6.28. The van der Waals surface area contributed by atoms with E-state index in [-0.39, 0.29) is 30.2 Å². The van der Waals surface area contributed by atoms with Gasteiger partial charge in [-0.1, -0.05) is 17.7 Å². The second-order valence-electron chi connectivity index (χ2n) is 6.75. The van der Waals surface area contributed by atoms with Crippen LogP contribution in [0.2, 0.25) is 0 Å². The Hall–Kier alpha value is -2.89. The molecule has 26 heavy (non-hydrogen) atoms. The minimum absolute atomic E-state index is 0.0930. The third-order valence-corrected chi connectivity index (χ3v) is 4.51. The molecule has 2 aromatic rings. The van der Waals surface area contributed by atoms with E-state index < -0.39 is 0 Å². The minimum atomic E-state index is -0.349. The molecule has 0 aliphatic carbocycles. The fourth-order valence-electron chi connectivity index (χ4n) is 3.39. The molecule has 0 radical (unpaired) electrons. The summed E-state index contributed by atoms with van der Waals surface area (Å²) in [6, 6.07) is 9.16. The molecule has 3 rings (SSSR count). The molecule has 0 aromatic heterocycles. The maximum atomic E-state index is 13.0. The largest absolute Gasteiger partial charge is 0.333 e. The summed E-state index contributed by atoms with van der Waals surface area (Å²) in [5.74, 6) is -0.442. The summed E-state index contributed by atoms with van der Waals surface area (Å²) < 4.78 is 13.0. The number of carbonyl (C=O) groups is 2. The van der Waals surface area contributed by atoms with Crippen LogP contribution in [0.4, 0.5) is 20.6 Å². The highest BCUT2D eigenvalue weighted by molar-refractivity contribution is 5.98. The number of hydrogen-bond acceptors (Lipinski definition) is 2. The van der Waals surface area contributed by atoms with Crippen molar-refractivity contribution in [3.63, 3.8) is 0 Å². The summed E-state index contributed by atoms with van der Waals surface area (Å²) in [5, 5.41) is 5.73. The number of anilines is 2. The molecular weight excluding hydrogens is 333 g/mol. The highest BCUT2D eigenvalue weighted by Gasteiger charge is 2.31. The predicted octanol–water partition coefficient (Wildman–Crippen LogP) is 3.68. The van der Waals surface area contributed by atoms with Gasteiger partial charge in [-0.3, -0.25) is 4.79 Å². The van der Waals surface area contributed by atoms with Crippen LogP contribution >= 0.6 is 0 Å². The number of benzene rings is 2. The Morgan fingerprint density at radius 1 is 1.12 bits per heavy atom. The van der Waals surface area contributed by atoms with Gasteiger partial charge in [0.25, 0.3) is 0 Å². The number of urea groups is 1. The predicted molar refractivity (Wildman–Crippen MR) is 100.0 cm³/mol. The lowest BCUT2D eigenvalue weighted by Crippen LogP contribution is -2.40. The number of aryl methyl sites for hydroxylation is 3. The first kappa shape index (κ1) is 17.9. The Bertz CT molecular complexity index is 826. The Kier molecular flexibility index (Phi) is 4.93. The van der Waals surface area contributed by atoms with Gasteiger partial charge in [0.1, 0.15) is 5.82 Å². The highest BCUT2D eigenvalue weighted by Crippen LogP contribution is 2.23. The molecule has 1 aliphatic heterocycles. The van der Waals surface area contributed by atoms with Crippen molar-refractivity contribution in [2.75, 3.05) is 16.8 Å². The van der Waals surface area contributed by atoms with Crippen LogP contribution in [-0.2, 0) is 4.79 Å². The van der Waals surface area contributed by atoms with Crippen LogP contribution < -0.4 is 15.5 Å². The van der Waals surface area contributed by atoms with Gasteiger partial charge in [-0.05, 0) is 56.2 Å². The van der Waals surface area contributed by atoms with Crippen molar-refractivity contribution >= 4 is 23.3 Å². The van der Waals surface area contributed by atoms with E-state index in [1.165, 1.54) is 12.1 Å². The van der Waals surface area contributed by atoms with Crippen LogP contribution in [0.15, 0.2) is 36.4 Å². The number of nitrogens with zero attached hydrogens (tertiary/aromatic N) is 1. The normalized spacial score (nSPS) is 16.7. The van der Waals surface area contributed by atoms with Gasteiger partial charge in [-0.25, -0.2) is 9.18 Å². The molecule has 136 valence electrons. The number of carbonyl (C=O) groups excluding carboxylic acids is 2. The standard InChI is InChI=1S/C20H22FN3O2/c1-12-8-13(2)19(14(3)9-12)23-20(26)22-16-10-18(25)24(11-16)17-6-4-15(21)5-7-17/h4-9,16H,10-11H2,1-3H3,(H2,22,23,26)/t16-/m0/s1. The molecule has 0 spiro atoms. The van der Waals surface area contributed by atoms with Crippen molar-refractivity contribution in [3.05, 3.63) is 58.9 Å². The second-order valence-corrected chi connectivity index (χ2v) is 6.75. The van der Waals surface area contributed by atoms with Crippen molar-refractivity contribution < 1.29 is 14.0 Å². The SMILES string of the molecule is Cc1cc(C)c(NC(=O)N[C@H]2CC(=O)N(c3ccc(F)cc3)C2)c(C)c1. The number of amides is 3. The highest BCUT2D eigenvalue weighted by atomic mass is 19.1. The van der Waals surface area contributed by atoms with Crippen LogP contribution in [-0.4, -0.2) is 24.5 Å². The van der Waals surface area contributed by atoms with E-state index in [4.69, 9.17) is 0 Å². The number of halogens is 1. The first-order valence-electron chi connectivity index (χ1n) is 8.55. The molecule has 1 fully saturated rings. The average molecular weight is 355 g/mol. The zero-order valence-corrected chi connectivity index (χ0v) is 15.1. The Labute approximate surface area is 152 Å². The molecule has 1 atom stereocenters. The number of rotatable bonds is 3. The van der Waals surface area contributed by atoms with E-state index in [1.807, 2.05) is 32.9 Å². The lowest BCUT2D eigenvalue weighted by atomic mass is 10.1. The van der Waals surface area contributed by atoms with Gasteiger partial charge < -0.3 is 15.5 Å². The molecule has 0 bridgehead atoms. The number of hydrogen-bond donors (Lipinski definition) is 2. The average Bonchev–Trinajstić information content (AvgIpc) is 2.92. The molecular formula is C20H22FN3O2. The summed E-state index contributed by atoms with van der Waals surface area (Å²) >= 11 is 0. The van der Waals surface area contributed by atoms with E-state index in [1.54, 1.807) is 17.0 Å². The van der Waals surface area contributed by atoms with Gasteiger partial charge in [-0.2, -0.15) is 0 Å². The molecule has 1 heterocycles. The monoisotopic (exact) mass is 355 g/mol. The van der Waals surface area contributed by atoms with Crippen molar-refractivity contribution in [3.8, 4) is 0 Å². The first-order chi connectivity index (χ1) is 12.3. The van der Waals surface area contributed by atoms with E-state index >= 15 is 0 Å². The topological polar surface area (TPSA) is 61.4 Å².